The van der Waals surface area contributed by atoms with E-state index >= 15 is 0 Å². The van der Waals surface area contributed by atoms with Crippen LogP contribution < -0.4 is 4.72 Å². The monoisotopic (exact) mass is 203 g/mol. The summed E-state index contributed by atoms with van der Waals surface area (Å²) >= 11 is 0. The predicted octanol–water partition coefficient (Wildman–Crippen LogP) is -0.477. The Morgan fingerprint density at radius 2 is 2.00 bits per heavy atom. The van der Waals surface area contributed by atoms with Crippen molar-refractivity contribution >= 4 is 17.2 Å². The van der Waals surface area contributed by atoms with Gasteiger partial charge >= 0.3 is 6.98 Å². The second-order valence-electron chi connectivity index (χ2n) is 2.47. The minimum atomic E-state index is -5.07. The van der Waals surface area contributed by atoms with Gasteiger partial charge in [0.05, 0.1) is 0 Å². The Hall–Kier alpha value is -0.275. The summed E-state index contributed by atoms with van der Waals surface area (Å²) in [4.78, 5) is 0. The molecule has 0 amide bonds. The summed E-state index contributed by atoms with van der Waals surface area (Å²) in [6.07, 6.45) is -1.35. The third kappa shape index (κ3) is 2.36. The van der Waals surface area contributed by atoms with Crippen LogP contribution in [0.5, 0.6) is 0 Å². The highest BCUT2D eigenvalue weighted by Gasteiger charge is 2.35. The molecule has 0 radical (unpaired) electrons. The zero-order valence-electron chi connectivity index (χ0n) is 6.00. The molecule has 1 N–H and O–H groups in total. The molecular formula is C3H7BF3N2O2S-. The van der Waals surface area contributed by atoms with Crippen molar-refractivity contribution in [3.05, 3.63) is 0 Å². The summed E-state index contributed by atoms with van der Waals surface area (Å²) < 4.78 is 59.2. The maximum Gasteiger partial charge on any atom is 0.493 e. The summed E-state index contributed by atoms with van der Waals surface area (Å²) in [5, 5.41) is 0. The standard InChI is InChI=1S/C3H7BF3N2O2S/c5-4(6,7)3-9-2-1-8-12(9,10)11/h8H,1-3H2/q-1. The topological polar surface area (TPSA) is 49.4 Å². The first-order valence-corrected chi connectivity index (χ1v) is 4.71. The third-order valence-electron chi connectivity index (χ3n) is 1.40. The molecule has 0 aromatic carbocycles. The van der Waals surface area contributed by atoms with Gasteiger partial charge in [0.1, 0.15) is 0 Å². The Labute approximate surface area is 68.0 Å². The Balaban J connectivity index is 2.66. The van der Waals surface area contributed by atoms with Gasteiger partial charge < -0.3 is 12.9 Å². The lowest BCUT2D eigenvalue weighted by Crippen LogP contribution is -2.40. The van der Waals surface area contributed by atoms with Gasteiger partial charge in [0, 0.05) is 13.1 Å². The fourth-order valence-electron chi connectivity index (χ4n) is 0.931. The van der Waals surface area contributed by atoms with Crippen LogP contribution in [0.4, 0.5) is 12.9 Å². The number of hydrogen-bond acceptors (Lipinski definition) is 2. The Morgan fingerprint density at radius 1 is 1.42 bits per heavy atom. The lowest BCUT2D eigenvalue weighted by Gasteiger charge is -2.20. The van der Waals surface area contributed by atoms with Crippen molar-refractivity contribution in [2.75, 3.05) is 19.5 Å². The van der Waals surface area contributed by atoms with Gasteiger partial charge in [-0.15, -0.1) is 0 Å². The van der Waals surface area contributed by atoms with Gasteiger partial charge in [-0.05, 0) is 6.44 Å². The smallest absolute Gasteiger partial charge is 0.448 e. The molecule has 1 rings (SSSR count). The molecule has 0 bridgehead atoms. The number of nitrogens with one attached hydrogen (secondary N) is 1. The van der Waals surface area contributed by atoms with Gasteiger partial charge in [-0.1, -0.05) is 0 Å². The Morgan fingerprint density at radius 3 is 2.33 bits per heavy atom. The second kappa shape index (κ2) is 2.89. The first kappa shape index (κ1) is 9.81. The summed E-state index contributed by atoms with van der Waals surface area (Å²) in [5.41, 5.74) is 0. The number of halogens is 3. The van der Waals surface area contributed by atoms with Crippen LogP contribution in [0.3, 0.4) is 0 Å². The van der Waals surface area contributed by atoms with Gasteiger partial charge in [-0.2, -0.15) is 8.42 Å². The molecule has 0 aromatic rings. The zero-order chi connectivity index (χ0) is 9.41. The molecule has 1 aliphatic heterocycles. The third-order valence-corrected chi connectivity index (χ3v) is 2.98. The fraction of sp³-hybridized carbons (Fsp3) is 1.00. The Bertz CT molecular complexity index is 263. The van der Waals surface area contributed by atoms with Gasteiger partial charge in [0.15, 0.2) is 0 Å². The van der Waals surface area contributed by atoms with E-state index in [1.807, 2.05) is 4.72 Å². The second-order valence-corrected chi connectivity index (χ2v) is 4.22. The molecule has 0 unspecified atom stereocenters. The van der Waals surface area contributed by atoms with Crippen LogP contribution in [-0.2, 0) is 10.2 Å². The van der Waals surface area contributed by atoms with Crippen molar-refractivity contribution in [2.45, 2.75) is 0 Å². The van der Waals surface area contributed by atoms with Crippen molar-refractivity contribution in [1.29, 1.82) is 0 Å². The van der Waals surface area contributed by atoms with Crippen LogP contribution in [0.25, 0.3) is 0 Å². The van der Waals surface area contributed by atoms with E-state index in [1.54, 1.807) is 0 Å². The maximum atomic E-state index is 11.8. The number of rotatable bonds is 2. The average molecular weight is 203 g/mol. The van der Waals surface area contributed by atoms with E-state index in [1.165, 1.54) is 0 Å². The van der Waals surface area contributed by atoms with Gasteiger partial charge in [-0.3, -0.25) is 0 Å². The van der Waals surface area contributed by atoms with Crippen molar-refractivity contribution in [3.8, 4) is 0 Å². The highest BCUT2D eigenvalue weighted by atomic mass is 32.2. The lowest BCUT2D eigenvalue weighted by atomic mass is 9.92. The van der Waals surface area contributed by atoms with Crippen molar-refractivity contribution in [3.63, 3.8) is 0 Å². The van der Waals surface area contributed by atoms with E-state index in [2.05, 4.69) is 0 Å². The highest BCUT2D eigenvalue weighted by molar-refractivity contribution is 7.87. The van der Waals surface area contributed by atoms with Crippen LogP contribution in [0, 0.1) is 0 Å². The molecule has 4 nitrogen and oxygen atoms in total. The zero-order valence-corrected chi connectivity index (χ0v) is 6.82. The molecule has 0 spiro atoms. The molecule has 0 aromatic heterocycles. The van der Waals surface area contributed by atoms with Gasteiger partial charge in [0.2, 0.25) is 0 Å². The molecule has 0 atom stereocenters. The summed E-state index contributed by atoms with van der Waals surface area (Å²) in [6.45, 7) is -5.13. The SMILES string of the molecule is O=S1(=O)NCCN1C[B-](F)(F)F. The van der Waals surface area contributed by atoms with Crippen LogP contribution >= 0.6 is 0 Å². The molecule has 1 fully saturated rings. The number of nitrogens with zero attached hydrogens (tertiary/aromatic N) is 1. The van der Waals surface area contributed by atoms with Crippen LogP contribution in [0.2, 0.25) is 0 Å². The van der Waals surface area contributed by atoms with E-state index < -0.39 is 23.6 Å². The van der Waals surface area contributed by atoms with Gasteiger partial charge in [-0.25, -0.2) is 9.03 Å². The van der Waals surface area contributed by atoms with E-state index in [0.717, 1.165) is 0 Å². The van der Waals surface area contributed by atoms with E-state index in [4.69, 9.17) is 0 Å². The molecule has 0 saturated carbocycles. The van der Waals surface area contributed by atoms with Crippen LogP contribution in [-0.4, -0.2) is 39.2 Å². The quantitative estimate of drug-likeness (QED) is 0.616. The molecule has 72 valence electrons. The fourth-order valence-corrected chi connectivity index (χ4v) is 2.16. The normalized spacial score (nSPS) is 24.6. The van der Waals surface area contributed by atoms with Crippen LogP contribution in [0.1, 0.15) is 0 Å². The summed E-state index contributed by atoms with van der Waals surface area (Å²) in [6, 6.07) is 0. The van der Waals surface area contributed by atoms with Gasteiger partial charge in [0.25, 0.3) is 10.2 Å². The minimum absolute atomic E-state index is 0.0501. The molecule has 12 heavy (non-hydrogen) atoms. The number of hydrogen-bond donors (Lipinski definition) is 1. The molecular weight excluding hydrogens is 196 g/mol. The summed E-state index contributed by atoms with van der Waals surface area (Å²) in [5.74, 6) is 0. The molecule has 0 aliphatic carbocycles. The lowest BCUT2D eigenvalue weighted by molar-refractivity contribution is 0.401. The van der Waals surface area contributed by atoms with E-state index in [9.17, 15) is 21.4 Å². The van der Waals surface area contributed by atoms with E-state index in [0.29, 0.717) is 4.31 Å². The summed E-state index contributed by atoms with van der Waals surface area (Å²) in [7, 11) is -3.84. The van der Waals surface area contributed by atoms with Crippen molar-refractivity contribution < 1.29 is 21.4 Å². The average Bonchev–Trinajstić information content (AvgIpc) is 2.07. The van der Waals surface area contributed by atoms with Crippen LogP contribution in [0.15, 0.2) is 0 Å². The van der Waals surface area contributed by atoms with Crippen molar-refractivity contribution in [1.82, 2.24) is 9.03 Å². The predicted molar refractivity (Wildman–Crippen MR) is 37.6 cm³/mol. The first-order chi connectivity index (χ1) is 5.31. The molecule has 1 heterocycles. The molecule has 9 heteroatoms. The molecule has 1 saturated heterocycles. The molecule has 1 aliphatic rings. The maximum absolute atomic E-state index is 11.8. The van der Waals surface area contributed by atoms with E-state index in [-0.39, 0.29) is 13.1 Å². The highest BCUT2D eigenvalue weighted by Crippen LogP contribution is 2.14. The minimum Gasteiger partial charge on any atom is -0.448 e. The van der Waals surface area contributed by atoms with Crippen molar-refractivity contribution in [2.24, 2.45) is 0 Å². The largest absolute Gasteiger partial charge is 0.493 e. The Kier molecular flexibility index (Phi) is 2.36. The first-order valence-electron chi connectivity index (χ1n) is 3.27.